The van der Waals surface area contributed by atoms with Gasteiger partial charge in [-0.25, -0.2) is 16.8 Å². The SMILES string of the molecule is O=S(=O)(N(C1C=CC=C1)S(=O)(=O)C(F)(F)C(F)(F)C(F)(F)F)C(F)(F)C(F)(F)C(F)(F)F. The van der Waals surface area contributed by atoms with Crippen LogP contribution in [-0.4, -0.2) is 61.3 Å². The van der Waals surface area contributed by atoms with Gasteiger partial charge in [-0.15, -0.1) is 0 Å². The second-order valence-corrected chi connectivity index (χ2v) is 9.62. The zero-order chi connectivity index (χ0) is 26.0. The number of rotatable bonds is 7. The molecule has 0 bridgehead atoms. The van der Waals surface area contributed by atoms with Crippen molar-refractivity contribution in [3.05, 3.63) is 24.3 Å². The lowest BCUT2D eigenvalue weighted by Crippen LogP contribution is -2.66. The van der Waals surface area contributed by atoms with E-state index in [0.717, 1.165) is 0 Å². The molecule has 0 radical (unpaired) electrons. The van der Waals surface area contributed by atoms with Crippen LogP contribution in [0.2, 0.25) is 0 Å². The predicted octanol–water partition coefficient (Wildman–Crippen LogP) is 4.02. The molecule has 0 fully saturated rings. The zero-order valence-electron chi connectivity index (χ0n) is 14.1. The molecule has 0 saturated carbocycles. The molecule has 1 rings (SSSR count). The Labute approximate surface area is 168 Å². The fraction of sp³-hybridized carbons (Fsp3) is 0.636. The van der Waals surface area contributed by atoms with Crippen LogP contribution in [0.3, 0.4) is 0 Å². The highest BCUT2D eigenvalue weighted by Crippen LogP contribution is 2.54. The molecule has 0 saturated heterocycles. The molecular weight excluding hydrogens is 540 g/mol. The molecular formula is C11H5F14NO4S2. The van der Waals surface area contributed by atoms with Gasteiger partial charge in [0.25, 0.3) is 0 Å². The van der Waals surface area contributed by atoms with E-state index in [1.807, 2.05) is 0 Å². The second-order valence-electron chi connectivity index (χ2n) is 5.67. The molecule has 0 aromatic rings. The molecule has 1 aliphatic carbocycles. The van der Waals surface area contributed by atoms with Crippen LogP contribution in [0, 0.1) is 0 Å². The van der Waals surface area contributed by atoms with Gasteiger partial charge in [-0.05, 0) is 0 Å². The summed E-state index contributed by atoms with van der Waals surface area (Å²) in [4.78, 5) is 0. The fourth-order valence-electron chi connectivity index (χ4n) is 1.89. The summed E-state index contributed by atoms with van der Waals surface area (Å²) in [5, 5.41) is -15.4. The van der Waals surface area contributed by atoms with E-state index in [-0.39, 0.29) is 12.2 Å². The van der Waals surface area contributed by atoms with Crippen molar-refractivity contribution in [3.8, 4) is 0 Å². The summed E-state index contributed by atoms with van der Waals surface area (Å²) < 4.78 is 226. The van der Waals surface area contributed by atoms with Gasteiger partial charge in [-0.3, -0.25) is 0 Å². The van der Waals surface area contributed by atoms with Gasteiger partial charge in [-0.2, -0.15) is 61.5 Å². The molecule has 188 valence electrons. The van der Waals surface area contributed by atoms with E-state index in [9.17, 15) is 78.3 Å². The lowest BCUT2D eigenvalue weighted by atomic mass is 10.3. The lowest BCUT2D eigenvalue weighted by Gasteiger charge is -2.36. The third kappa shape index (κ3) is 3.74. The Morgan fingerprint density at radius 2 is 0.781 bits per heavy atom. The van der Waals surface area contributed by atoms with E-state index in [0.29, 0.717) is 12.2 Å². The quantitative estimate of drug-likeness (QED) is 0.454. The summed E-state index contributed by atoms with van der Waals surface area (Å²) in [6.45, 7) is 0. The summed E-state index contributed by atoms with van der Waals surface area (Å²) >= 11 is 0. The maximum atomic E-state index is 13.8. The topological polar surface area (TPSA) is 71.5 Å². The molecule has 5 nitrogen and oxygen atoms in total. The number of hydrogen-bond acceptors (Lipinski definition) is 4. The maximum Gasteiger partial charge on any atom is 0.461 e. The number of sulfonamides is 2. The van der Waals surface area contributed by atoms with Crippen molar-refractivity contribution in [2.45, 2.75) is 40.7 Å². The minimum atomic E-state index is -8.31. The van der Waals surface area contributed by atoms with Crippen LogP contribution in [0.25, 0.3) is 0 Å². The van der Waals surface area contributed by atoms with E-state index in [4.69, 9.17) is 0 Å². The summed E-state index contributed by atoms with van der Waals surface area (Å²) in [7, 11) is -16.6. The van der Waals surface area contributed by atoms with Gasteiger partial charge in [0.15, 0.2) is 0 Å². The Balaban J connectivity index is 3.96. The molecule has 0 aromatic carbocycles. The summed E-state index contributed by atoms with van der Waals surface area (Å²) in [6.07, 6.45) is -14.4. The minimum absolute atomic E-state index is 0.0846. The van der Waals surface area contributed by atoms with Crippen molar-refractivity contribution >= 4 is 20.0 Å². The molecule has 0 amide bonds. The van der Waals surface area contributed by atoms with Crippen LogP contribution in [0.4, 0.5) is 61.5 Å². The Bertz CT molecular complexity index is 926. The molecule has 0 aliphatic heterocycles. The summed E-state index contributed by atoms with van der Waals surface area (Å²) in [6, 6.07) is -3.24. The average molecular weight is 545 g/mol. The number of halogens is 14. The molecule has 21 heteroatoms. The number of alkyl halides is 14. The van der Waals surface area contributed by atoms with Crippen molar-refractivity contribution in [2.75, 3.05) is 0 Å². The third-order valence-corrected chi connectivity index (χ3v) is 7.96. The van der Waals surface area contributed by atoms with Gasteiger partial charge in [0.1, 0.15) is 0 Å². The van der Waals surface area contributed by atoms with Crippen molar-refractivity contribution < 1.29 is 78.3 Å². The monoisotopic (exact) mass is 545 g/mol. The predicted molar refractivity (Wildman–Crippen MR) is 73.6 cm³/mol. The molecule has 0 N–H and O–H groups in total. The van der Waals surface area contributed by atoms with E-state index in [1.54, 1.807) is 0 Å². The highest BCUT2D eigenvalue weighted by molar-refractivity contribution is 8.05. The number of hydrogen-bond donors (Lipinski definition) is 0. The first-order valence-electron chi connectivity index (χ1n) is 7.01. The first-order valence-corrected chi connectivity index (χ1v) is 9.89. The average Bonchev–Trinajstić information content (AvgIpc) is 3.05. The first kappa shape index (κ1) is 28.4. The highest BCUT2D eigenvalue weighted by atomic mass is 32.3. The van der Waals surface area contributed by atoms with Gasteiger partial charge in [0, 0.05) is 0 Å². The van der Waals surface area contributed by atoms with Crippen LogP contribution in [-0.2, 0) is 20.0 Å². The Morgan fingerprint density at radius 1 is 0.531 bits per heavy atom. The van der Waals surface area contributed by atoms with Crippen LogP contribution in [0.15, 0.2) is 24.3 Å². The smallest absolute Gasteiger partial charge is 0.205 e. The largest absolute Gasteiger partial charge is 0.461 e. The molecule has 0 heterocycles. The van der Waals surface area contributed by atoms with Crippen molar-refractivity contribution in [1.29, 1.82) is 0 Å². The van der Waals surface area contributed by atoms with Crippen LogP contribution in [0.5, 0.6) is 0 Å². The van der Waals surface area contributed by atoms with E-state index in [1.165, 1.54) is 0 Å². The molecule has 0 spiro atoms. The van der Waals surface area contributed by atoms with Gasteiger partial charge < -0.3 is 0 Å². The molecule has 32 heavy (non-hydrogen) atoms. The number of nitrogens with zero attached hydrogens (tertiary/aromatic N) is 1. The standard InChI is InChI=1S/C11H5F14NO4S2/c12-6(13,8(16,17)18)10(22,23)31(27,28)26(5-3-1-2-4-5)32(29,30)11(24,25)7(14,15)9(19,20)21/h1-5H. The molecule has 0 atom stereocenters. The minimum Gasteiger partial charge on any atom is -0.205 e. The first-order chi connectivity index (χ1) is 13.7. The van der Waals surface area contributed by atoms with Crippen molar-refractivity contribution in [3.63, 3.8) is 0 Å². The normalized spacial score (nSPS) is 18.1. The van der Waals surface area contributed by atoms with Gasteiger partial charge in [0.05, 0.1) is 6.04 Å². The van der Waals surface area contributed by atoms with E-state index in [2.05, 4.69) is 0 Å². The van der Waals surface area contributed by atoms with Crippen LogP contribution < -0.4 is 0 Å². The van der Waals surface area contributed by atoms with Gasteiger partial charge in [-0.1, -0.05) is 28.0 Å². The third-order valence-electron chi connectivity index (χ3n) is 3.54. The van der Waals surface area contributed by atoms with E-state index < -0.39 is 64.5 Å². The highest BCUT2D eigenvalue weighted by Gasteiger charge is 2.84. The van der Waals surface area contributed by atoms with E-state index >= 15 is 0 Å². The maximum absolute atomic E-state index is 13.8. The van der Waals surface area contributed by atoms with Gasteiger partial charge >= 0.3 is 54.8 Å². The van der Waals surface area contributed by atoms with Gasteiger partial charge in [0.2, 0.25) is 0 Å². The Morgan fingerprint density at radius 3 is 1.00 bits per heavy atom. The lowest BCUT2D eigenvalue weighted by molar-refractivity contribution is -0.333. The van der Waals surface area contributed by atoms with Crippen molar-refractivity contribution in [2.24, 2.45) is 0 Å². The van der Waals surface area contributed by atoms with Crippen LogP contribution in [0.1, 0.15) is 0 Å². The van der Waals surface area contributed by atoms with Crippen LogP contribution >= 0.6 is 0 Å². The fourth-order valence-corrected chi connectivity index (χ4v) is 5.74. The molecule has 0 unspecified atom stereocenters. The summed E-state index contributed by atoms with van der Waals surface area (Å²) in [5.74, 6) is -15.4. The zero-order valence-corrected chi connectivity index (χ0v) is 15.7. The number of allylic oxidation sites excluding steroid dienone is 2. The van der Waals surface area contributed by atoms with Crippen molar-refractivity contribution in [1.82, 2.24) is 3.71 Å². The Hall–Kier alpha value is -1.64. The molecule has 1 aliphatic rings. The Kier molecular flexibility index (Phi) is 6.60. The summed E-state index contributed by atoms with van der Waals surface area (Å²) in [5.41, 5.74) is 0. The molecule has 0 aromatic heterocycles. The second kappa shape index (κ2) is 7.43.